The zero-order chi connectivity index (χ0) is 10.9. The first-order valence-corrected chi connectivity index (χ1v) is 3.72. The van der Waals surface area contributed by atoms with E-state index in [9.17, 15) is 19.2 Å². The number of carbonyl (C=O) groups is 4. The van der Waals surface area contributed by atoms with Gasteiger partial charge < -0.3 is 10.2 Å². The molecule has 0 radical (unpaired) electrons. The molecule has 14 heavy (non-hydrogen) atoms. The van der Waals surface area contributed by atoms with Gasteiger partial charge in [0.1, 0.15) is 11.1 Å². The molecule has 0 unspecified atom stereocenters. The van der Waals surface area contributed by atoms with Crippen molar-refractivity contribution in [2.75, 3.05) is 0 Å². The summed E-state index contributed by atoms with van der Waals surface area (Å²) < 4.78 is 0. The third-order valence-corrected chi connectivity index (χ3v) is 1.81. The second-order valence-electron chi connectivity index (χ2n) is 2.71. The van der Waals surface area contributed by atoms with Crippen LogP contribution < -0.4 is 0 Å². The molecule has 6 nitrogen and oxygen atoms in total. The Kier molecular flexibility index (Phi) is 2.46. The average Bonchev–Trinajstić information content (AvgIpc) is 2.07. The highest BCUT2D eigenvalue weighted by Crippen LogP contribution is 2.19. The fourth-order valence-corrected chi connectivity index (χ4v) is 1.21. The van der Waals surface area contributed by atoms with Crippen molar-refractivity contribution in [3.05, 3.63) is 11.1 Å². The fourth-order valence-electron chi connectivity index (χ4n) is 1.21. The van der Waals surface area contributed by atoms with E-state index in [4.69, 9.17) is 10.2 Å². The number of hydrogen-bond donors (Lipinski definition) is 2. The molecule has 0 fully saturated rings. The Morgan fingerprint density at radius 1 is 0.857 bits per heavy atom. The van der Waals surface area contributed by atoms with E-state index in [2.05, 4.69) is 0 Å². The molecule has 1 aliphatic rings. The summed E-state index contributed by atoms with van der Waals surface area (Å²) >= 11 is 0. The summed E-state index contributed by atoms with van der Waals surface area (Å²) in [4.78, 5) is 43.1. The first-order chi connectivity index (χ1) is 6.45. The van der Waals surface area contributed by atoms with Crippen LogP contribution in [0.4, 0.5) is 0 Å². The van der Waals surface area contributed by atoms with Crippen LogP contribution in [-0.2, 0) is 19.2 Å². The zero-order valence-electron chi connectivity index (χ0n) is 6.94. The second-order valence-corrected chi connectivity index (χ2v) is 2.71. The Morgan fingerprint density at radius 3 is 1.36 bits per heavy atom. The van der Waals surface area contributed by atoms with Crippen LogP contribution in [0.3, 0.4) is 0 Å². The molecule has 1 rings (SSSR count). The van der Waals surface area contributed by atoms with Crippen LogP contribution in [0.15, 0.2) is 11.1 Å². The van der Waals surface area contributed by atoms with E-state index >= 15 is 0 Å². The number of carboxylic acids is 2. The van der Waals surface area contributed by atoms with E-state index in [0.717, 1.165) is 0 Å². The molecule has 0 aromatic carbocycles. The molecule has 6 heteroatoms. The minimum absolute atomic E-state index is 0.239. The Balaban J connectivity index is 3.39. The van der Waals surface area contributed by atoms with Crippen molar-refractivity contribution in [3.63, 3.8) is 0 Å². The summed E-state index contributed by atoms with van der Waals surface area (Å²) in [6.45, 7) is 0. The van der Waals surface area contributed by atoms with Gasteiger partial charge in [-0.05, 0) is 0 Å². The van der Waals surface area contributed by atoms with E-state index in [0.29, 0.717) is 0 Å². The minimum atomic E-state index is -1.67. The van der Waals surface area contributed by atoms with Crippen LogP contribution in [0.5, 0.6) is 0 Å². The van der Waals surface area contributed by atoms with Crippen molar-refractivity contribution in [3.8, 4) is 0 Å². The van der Waals surface area contributed by atoms with Gasteiger partial charge in [0.25, 0.3) is 0 Å². The largest absolute Gasteiger partial charge is 0.478 e. The van der Waals surface area contributed by atoms with Gasteiger partial charge in [-0.25, -0.2) is 9.59 Å². The molecular formula is C8H6O6. The van der Waals surface area contributed by atoms with Gasteiger partial charge in [0.05, 0.1) is 0 Å². The number of hydrogen-bond acceptors (Lipinski definition) is 4. The number of rotatable bonds is 2. The van der Waals surface area contributed by atoms with Gasteiger partial charge >= 0.3 is 11.9 Å². The summed E-state index contributed by atoms with van der Waals surface area (Å²) in [5.41, 5.74) is -1.82. The highest BCUT2D eigenvalue weighted by molar-refractivity contribution is 6.32. The third kappa shape index (κ3) is 1.54. The second kappa shape index (κ2) is 3.41. The fraction of sp³-hybridized carbons (Fsp3) is 0.250. The maximum Gasteiger partial charge on any atom is 0.340 e. The van der Waals surface area contributed by atoms with Crippen LogP contribution in [0.1, 0.15) is 12.8 Å². The summed E-state index contributed by atoms with van der Waals surface area (Å²) in [7, 11) is 0. The lowest BCUT2D eigenvalue weighted by atomic mass is 9.89. The van der Waals surface area contributed by atoms with Crippen molar-refractivity contribution >= 4 is 23.5 Å². The van der Waals surface area contributed by atoms with E-state index < -0.39 is 34.7 Å². The number of Topliss-reactive ketones (excluding diaryl/α,β-unsaturated/α-hetero) is 2. The van der Waals surface area contributed by atoms with Crippen LogP contribution in [0.2, 0.25) is 0 Å². The Hall–Kier alpha value is -1.98. The van der Waals surface area contributed by atoms with Gasteiger partial charge in [-0.1, -0.05) is 0 Å². The van der Waals surface area contributed by atoms with Crippen molar-refractivity contribution in [1.82, 2.24) is 0 Å². The van der Waals surface area contributed by atoms with Crippen molar-refractivity contribution in [2.45, 2.75) is 12.8 Å². The van der Waals surface area contributed by atoms with Crippen LogP contribution in [0, 0.1) is 0 Å². The molecule has 0 aromatic rings. The van der Waals surface area contributed by atoms with Gasteiger partial charge in [0, 0.05) is 12.8 Å². The number of carboxylic acid groups (broad SMARTS) is 2. The maximum atomic E-state index is 11.0. The third-order valence-electron chi connectivity index (χ3n) is 1.81. The quantitative estimate of drug-likeness (QED) is 0.572. The first kappa shape index (κ1) is 10.1. The summed E-state index contributed by atoms with van der Waals surface area (Å²) in [6, 6.07) is 0. The van der Waals surface area contributed by atoms with E-state index in [1.165, 1.54) is 0 Å². The smallest absolute Gasteiger partial charge is 0.340 e. The maximum absolute atomic E-state index is 11.0. The van der Waals surface area contributed by atoms with E-state index in [1.54, 1.807) is 0 Å². The topological polar surface area (TPSA) is 109 Å². The molecule has 0 saturated heterocycles. The molecule has 0 atom stereocenters. The number of aliphatic carboxylic acids is 2. The van der Waals surface area contributed by atoms with Gasteiger partial charge in [0.2, 0.25) is 0 Å². The van der Waals surface area contributed by atoms with Gasteiger partial charge in [-0.15, -0.1) is 0 Å². The molecule has 1 aliphatic carbocycles. The highest BCUT2D eigenvalue weighted by atomic mass is 16.4. The lowest BCUT2D eigenvalue weighted by Crippen LogP contribution is -2.28. The molecule has 0 aromatic heterocycles. The molecule has 0 saturated carbocycles. The highest BCUT2D eigenvalue weighted by Gasteiger charge is 2.35. The normalized spacial score (nSPS) is 17.1. The minimum Gasteiger partial charge on any atom is -0.478 e. The molecule has 74 valence electrons. The summed E-state index contributed by atoms with van der Waals surface area (Å²) in [5, 5.41) is 17.1. The van der Waals surface area contributed by atoms with Crippen molar-refractivity contribution in [1.29, 1.82) is 0 Å². The molecule has 0 bridgehead atoms. The average molecular weight is 198 g/mol. The molecule has 0 heterocycles. The molecule has 0 spiro atoms. The number of ketones is 2. The summed E-state index contributed by atoms with van der Waals surface area (Å²) in [5.74, 6) is -4.95. The Labute approximate surface area is 77.8 Å². The van der Waals surface area contributed by atoms with Crippen LogP contribution >= 0.6 is 0 Å². The Morgan fingerprint density at radius 2 is 1.14 bits per heavy atom. The monoisotopic (exact) mass is 198 g/mol. The predicted molar refractivity (Wildman–Crippen MR) is 41.5 cm³/mol. The predicted octanol–water partition coefficient (Wildman–Crippen LogP) is -0.616. The van der Waals surface area contributed by atoms with Crippen molar-refractivity contribution < 1.29 is 29.4 Å². The standard InChI is InChI=1S/C8H6O6/c9-3-1-2-4(10)6(8(13)14)5(3)7(11)12/h1-2H2,(H,11,12)(H,13,14). The van der Waals surface area contributed by atoms with Gasteiger partial charge in [0.15, 0.2) is 11.6 Å². The zero-order valence-corrected chi connectivity index (χ0v) is 6.94. The number of carbonyl (C=O) groups excluding carboxylic acids is 2. The first-order valence-electron chi connectivity index (χ1n) is 3.72. The lowest BCUT2D eigenvalue weighted by Gasteiger charge is -2.11. The molecule has 2 N–H and O–H groups in total. The van der Waals surface area contributed by atoms with E-state index in [1.807, 2.05) is 0 Å². The van der Waals surface area contributed by atoms with Crippen LogP contribution in [0.25, 0.3) is 0 Å². The SMILES string of the molecule is O=C(O)C1=C(C(=O)O)C(=O)CCC1=O. The lowest BCUT2D eigenvalue weighted by molar-refractivity contribution is -0.140. The van der Waals surface area contributed by atoms with Gasteiger partial charge in [-0.3, -0.25) is 9.59 Å². The van der Waals surface area contributed by atoms with Gasteiger partial charge in [-0.2, -0.15) is 0 Å². The Bertz CT molecular complexity index is 339. The van der Waals surface area contributed by atoms with E-state index in [-0.39, 0.29) is 12.8 Å². The molecular weight excluding hydrogens is 192 g/mol. The molecule has 0 amide bonds. The molecule has 0 aliphatic heterocycles. The summed E-state index contributed by atoms with van der Waals surface area (Å²) in [6.07, 6.45) is -0.478. The van der Waals surface area contributed by atoms with Crippen LogP contribution in [-0.4, -0.2) is 33.7 Å². The van der Waals surface area contributed by atoms with Crippen molar-refractivity contribution in [2.24, 2.45) is 0 Å².